The average molecular weight is 1100 g/mol. The van der Waals surface area contributed by atoms with Gasteiger partial charge in [0.15, 0.2) is 0 Å². The van der Waals surface area contributed by atoms with Gasteiger partial charge in [0.25, 0.3) is 0 Å². The molecule has 77 heavy (non-hydrogen) atoms. The van der Waals surface area contributed by atoms with Crippen LogP contribution in [-0.2, 0) is 52.7 Å². The van der Waals surface area contributed by atoms with Crippen molar-refractivity contribution < 1.29 is 68.1 Å². The number of nitrogens with one attached hydrogen (secondary N) is 10. The Morgan fingerprint density at radius 2 is 0.766 bits per heavy atom. The highest BCUT2D eigenvalue weighted by Crippen LogP contribution is 2.13. The van der Waals surface area contributed by atoms with Crippen LogP contribution in [0.4, 0.5) is 0 Å². The molecule has 0 fully saturated rings. The highest BCUT2D eigenvalue weighted by atomic mass is 16.4. The van der Waals surface area contributed by atoms with Crippen LogP contribution in [0.3, 0.4) is 0 Å². The monoisotopic (exact) mass is 1100 g/mol. The lowest BCUT2D eigenvalue weighted by atomic mass is 9.97. The zero-order valence-corrected chi connectivity index (χ0v) is 46.2. The second-order valence-electron chi connectivity index (χ2n) is 19.6. The predicted octanol–water partition coefficient (Wildman–Crippen LogP) is -4.96. The number of hydrogen-bond donors (Lipinski definition) is 17. The molecule has 0 spiro atoms. The van der Waals surface area contributed by atoms with E-state index in [1.165, 1.54) is 13.8 Å². The van der Waals surface area contributed by atoms with E-state index >= 15 is 0 Å². The Kier molecular flexibility index (Phi) is 35.4. The number of unbranched alkanes of at least 4 members (excludes halogenated alkanes) is 3. The van der Waals surface area contributed by atoms with E-state index < -0.39 is 157 Å². The molecular formula is C49H92N14O14. The fourth-order valence-electron chi connectivity index (χ4n) is 7.29. The molecule has 0 rings (SSSR count). The lowest BCUT2D eigenvalue weighted by Crippen LogP contribution is -2.61. The van der Waals surface area contributed by atoms with Crippen molar-refractivity contribution in [3.63, 3.8) is 0 Å². The van der Waals surface area contributed by atoms with Crippen LogP contribution in [0.5, 0.6) is 0 Å². The van der Waals surface area contributed by atoms with Gasteiger partial charge < -0.3 is 91.4 Å². The number of aliphatic hydroxyl groups is 2. The molecule has 0 heterocycles. The van der Waals surface area contributed by atoms with Gasteiger partial charge in [-0.05, 0) is 109 Å². The fourth-order valence-corrected chi connectivity index (χ4v) is 7.29. The third-order valence-electron chi connectivity index (χ3n) is 12.9. The molecule has 442 valence electrons. The van der Waals surface area contributed by atoms with Crippen LogP contribution in [-0.4, -0.2) is 180 Å². The topological polar surface area (TPSA) is 473 Å². The van der Waals surface area contributed by atoms with Gasteiger partial charge in [-0.25, -0.2) is 4.79 Å². The smallest absolute Gasteiger partial charge is 0.326 e. The van der Waals surface area contributed by atoms with E-state index in [2.05, 4.69) is 53.2 Å². The standard InChI is InChI=1S/C49H92N14O14/c1-9-27(5)38(63-43(70)32(18-12-15-21-51)58-44(71)34(24-64)60-45(72)35(25-65)61-46(73)37(53)26(3)4)47(74)55-29(7)40(67)54-23-36(66)57-31(17-11-14-20-50)42(69)62-39(28(6)10-2)48(75)56-30(8)41(68)59-33(49(76)77)19-13-16-22-52/h26-35,37-39,64-65H,9-25,50-53H2,1-8H3,(H,54,67)(H,55,74)(H,56,75)(H,57,66)(H,58,71)(H,59,68)(H,60,72)(H,61,73)(H,62,69)(H,63,70)(H,76,77). The van der Waals surface area contributed by atoms with Crippen molar-refractivity contribution in [2.24, 2.45) is 40.7 Å². The molecule has 0 aromatic rings. The number of aliphatic hydroxyl groups excluding tert-OH is 2. The summed E-state index contributed by atoms with van der Waals surface area (Å²) in [5, 5.41) is 54.2. The average Bonchev–Trinajstić information content (AvgIpc) is 3.39. The van der Waals surface area contributed by atoms with Gasteiger partial charge in [-0.15, -0.1) is 0 Å². The lowest BCUT2D eigenvalue weighted by Gasteiger charge is -2.28. The number of nitrogens with two attached hydrogens (primary N) is 4. The summed E-state index contributed by atoms with van der Waals surface area (Å²) in [6, 6.07) is -12.9. The first kappa shape index (κ1) is 70.9. The molecule has 12 atom stereocenters. The molecule has 0 aliphatic heterocycles. The molecule has 0 aliphatic rings. The summed E-state index contributed by atoms with van der Waals surface area (Å²) >= 11 is 0. The molecule has 10 amide bonds. The summed E-state index contributed by atoms with van der Waals surface area (Å²) in [5.74, 6) is -10.8. The summed E-state index contributed by atoms with van der Waals surface area (Å²) in [7, 11) is 0. The van der Waals surface area contributed by atoms with Crippen molar-refractivity contribution in [1.29, 1.82) is 0 Å². The summed E-state index contributed by atoms with van der Waals surface area (Å²) in [6.07, 6.45) is 3.63. The highest BCUT2D eigenvalue weighted by Gasteiger charge is 2.35. The third-order valence-corrected chi connectivity index (χ3v) is 12.9. The van der Waals surface area contributed by atoms with Gasteiger partial charge in [-0.2, -0.15) is 0 Å². The molecule has 0 aromatic heterocycles. The van der Waals surface area contributed by atoms with Gasteiger partial charge in [0, 0.05) is 0 Å². The maximum absolute atomic E-state index is 13.9. The molecule has 21 N–H and O–H groups in total. The zero-order valence-electron chi connectivity index (χ0n) is 46.2. The van der Waals surface area contributed by atoms with E-state index in [0.717, 1.165) is 0 Å². The van der Waals surface area contributed by atoms with Crippen molar-refractivity contribution in [3.8, 4) is 0 Å². The Hall–Kier alpha value is -6.07. The normalized spacial score (nSPS) is 15.9. The molecule has 0 radical (unpaired) electrons. The second-order valence-corrected chi connectivity index (χ2v) is 19.6. The van der Waals surface area contributed by atoms with Gasteiger partial charge in [0.2, 0.25) is 59.1 Å². The van der Waals surface area contributed by atoms with E-state index in [1.807, 2.05) is 0 Å². The van der Waals surface area contributed by atoms with Crippen molar-refractivity contribution in [1.82, 2.24) is 53.2 Å². The number of carbonyl (C=O) groups is 11. The molecule has 0 aromatic carbocycles. The quantitative estimate of drug-likeness (QED) is 0.0256. The molecule has 0 saturated carbocycles. The first-order valence-corrected chi connectivity index (χ1v) is 26.6. The molecule has 28 heteroatoms. The summed E-state index contributed by atoms with van der Waals surface area (Å²) in [5.41, 5.74) is 22.7. The van der Waals surface area contributed by atoms with Crippen molar-refractivity contribution in [3.05, 3.63) is 0 Å². The van der Waals surface area contributed by atoms with Gasteiger partial charge >= 0.3 is 5.97 Å². The number of aliphatic carboxylic acids is 1. The zero-order chi connectivity index (χ0) is 58.9. The van der Waals surface area contributed by atoms with Gasteiger partial charge in [0.05, 0.1) is 25.8 Å². The van der Waals surface area contributed by atoms with E-state index in [-0.39, 0.29) is 38.3 Å². The number of hydrogen-bond acceptors (Lipinski definition) is 17. The second kappa shape index (κ2) is 38.5. The minimum Gasteiger partial charge on any atom is -0.480 e. The molecule has 0 aliphatic carbocycles. The Morgan fingerprint density at radius 3 is 1.14 bits per heavy atom. The molecule has 12 unspecified atom stereocenters. The highest BCUT2D eigenvalue weighted by molar-refractivity contribution is 5.98. The first-order valence-electron chi connectivity index (χ1n) is 26.6. The van der Waals surface area contributed by atoms with Crippen LogP contribution >= 0.6 is 0 Å². The SMILES string of the molecule is CCC(C)C(NC(=O)C(CCCCN)NC(=O)CNC(=O)C(C)NC(=O)C(NC(=O)C(CCCCN)NC(=O)C(CO)NC(=O)C(CO)NC(=O)C(N)C(C)C)C(C)CC)C(=O)NC(C)C(=O)NC(CCCCN)C(=O)O. The fraction of sp³-hybridized carbons (Fsp3) is 0.776. The van der Waals surface area contributed by atoms with Crippen LogP contribution in [0.15, 0.2) is 0 Å². The lowest BCUT2D eigenvalue weighted by molar-refractivity contribution is -0.142. The van der Waals surface area contributed by atoms with Gasteiger partial charge in [-0.1, -0.05) is 54.4 Å². The number of amides is 10. The van der Waals surface area contributed by atoms with Crippen LogP contribution in [0.1, 0.15) is 126 Å². The Balaban J connectivity index is 6.02. The van der Waals surface area contributed by atoms with Crippen LogP contribution in [0.2, 0.25) is 0 Å². The largest absolute Gasteiger partial charge is 0.480 e. The maximum atomic E-state index is 13.9. The maximum Gasteiger partial charge on any atom is 0.326 e. The van der Waals surface area contributed by atoms with Crippen molar-refractivity contribution in [2.75, 3.05) is 39.4 Å². The molecule has 28 nitrogen and oxygen atoms in total. The summed E-state index contributed by atoms with van der Waals surface area (Å²) in [6.45, 7) is 11.3. The van der Waals surface area contributed by atoms with Gasteiger partial charge in [0.1, 0.15) is 54.4 Å². The first-order chi connectivity index (χ1) is 36.3. The molecule has 0 bridgehead atoms. The van der Waals surface area contributed by atoms with Crippen molar-refractivity contribution >= 4 is 65.0 Å². The van der Waals surface area contributed by atoms with E-state index in [4.69, 9.17) is 22.9 Å². The summed E-state index contributed by atoms with van der Waals surface area (Å²) in [4.78, 5) is 145. The summed E-state index contributed by atoms with van der Waals surface area (Å²) < 4.78 is 0. The Morgan fingerprint density at radius 1 is 0.416 bits per heavy atom. The number of carboxylic acids is 1. The number of carbonyl (C=O) groups excluding carboxylic acids is 10. The predicted molar refractivity (Wildman–Crippen MR) is 284 cm³/mol. The van der Waals surface area contributed by atoms with Gasteiger partial charge in [-0.3, -0.25) is 47.9 Å². The van der Waals surface area contributed by atoms with Crippen LogP contribution in [0.25, 0.3) is 0 Å². The van der Waals surface area contributed by atoms with E-state index in [1.54, 1.807) is 41.5 Å². The Labute approximate surface area is 451 Å². The third kappa shape index (κ3) is 26.7. The minimum absolute atomic E-state index is 0.0103. The molecule has 0 saturated heterocycles. The molecular weight excluding hydrogens is 1010 g/mol. The van der Waals surface area contributed by atoms with E-state index in [0.29, 0.717) is 57.9 Å². The van der Waals surface area contributed by atoms with Crippen LogP contribution < -0.4 is 76.1 Å². The Bertz CT molecular complexity index is 1910. The minimum atomic E-state index is -1.65. The number of rotatable bonds is 40. The number of carboxylic acid groups (broad SMARTS) is 1. The van der Waals surface area contributed by atoms with Crippen molar-refractivity contribution in [2.45, 2.75) is 186 Å². The van der Waals surface area contributed by atoms with E-state index in [9.17, 15) is 68.1 Å². The van der Waals surface area contributed by atoms with Crippen LogP contribution in [0, 0.1) is 17.8 Å².